The number of benzene rings is 2. The lowest BCUT2D eigenvalue weighted by Crippen LogP contribution is -2.37. The van der Waals surface area contributed by atoms with Crippen LogP contribution in [-0.2, 0) is 26.1 Å². The molecule has 184 valence electrons. The Hall–Kier alpha value is -2.20. The van der Waals surface area contributed by atoms with Gasteiger partial charge >= 0.3 is 5.97 Å². The van der Waals surface area contributed by atoms with Gasteiger partial charge in [0.1, 0.15) is 0 Å². The van der Waals surface area contributed by atoms with E-state index in [0.29, 0.717) is 47.9 Å². The van der Waals surface area contributed by atoms with E-state index in [-0.39, 0.29) is 41.5 Å². The van der Waals surface area contributed by atoms with Gasteiger partial charge in [0.25, 0.3) is 5.69 Å². The lowest BCUT2D eigenvalue weighted by molar-refractivity contribution is -0.385. The summed E-state index contributed by atoms with van der Waals surface area (Å²) < 4.78 is 33.6. The molecule has 0 atom stereocenters. The second kappa shape index (κ2) is 11.5. The number of halogens is 2. The van der Waals surface area contributed by atoms with E-state index in [4.69, 9.17) is 27.9 Å². The summed E-state index contributed by atoms with van der Waals surface area (Å²) in [5, 5.41) is 11.9. The second-order valence-corrected chi connectivity index (χ2v) is 11.0. The molecular formula is C23H26Cl2N2O6S. The number of carbonyl (C=O) groups is 1. The number of ether oxygens (including phenoxy) is 1. The maximum Gasteiger partial charge on any atom is 0.308 e. The van der Waals surface area contributed by atoms with E-state index in [1.807, 2.05) is 0 Å². The molecule has 1 aliphatic rings. The van der Waals surface area contributed by atoms with E-state index in [1.165, 1.54) is 22.5 Å². The molecule has 1 fully saturated rings. The Kier molecular flexibility index (Phi) is 8.92. The summed E-state index contributed by atoms with van der Waals surface area (Å²) in [4.78, 5) is 22.5. The van der Waals surface area contributed by atoms with Gasteiger partial charge in [0.2, 0.25) is 10.0 Å². The molecule has 0 amide bonds. The van der Waals surface area contributed by atoms with Crippen LogP contribution in [0.4, 0.5) is 5.69 Å². The van der Waals surface area contributed by atoms with Crippen molar-refractivity contribution in [1.82, 2.24) is 4.31 Å². The van der Waals surface area contributed by atoms with Crippen molar-refractivity contribution < 1.29 is 22.9 Å². The predicted molar refractivity (Wildman–Crippen MR) is 129 cm³/mol. The largest absolute Gasteiger partial charge is 0.466 e. The van der Waals surface area contributed by atoms with Crippen LogP contribution in [0, 0.1) is 22.0 Å². The zero-order chi connectivity index (χ0) is 24.9. The molecule has 0 aliphatic heterocycles. The fourth-order valence-electron chi connectivity index (χ4n) is 4.14. The van der Waals surface area contributed by atoms with Crippen molar-refractivity contribution in [2.45, 2.75) is 44.0 Å². The Balaban J connectivity index is 1.88. The van der Waals surface area contributed by atoms with Crippen LogP contribution in [0.3, 0.4) is 0 Å². The zero-order valence-electron chi connectivity index (χ0n) is 18.7. The fourth-order valence-corrected chi connectivity index (χ4v) is 6.18. The van der Waals surface area contributed by atoms with Crippen molar-refractivity contribution in [3.63, 3.8) is 0 Å². The van der Waals surface area contributed by atoms with Gasteiger partial charge < -0.3 is 4.74 Å². The van der Waals surface area contributed by atoms with Gasteiger partial charge in [-0.1, -0.05) is 35.3 Å². The van der Waals surface area contributed by atoms with Crippen LogP contribution in [-0.4, -0.2) is 36.8 Å². The van der Waals surface area contributed by atoms with Crippen LogP contribution in [0.15, 0.2) is 47.4 Å². The first kappa shape index (κ1) is 26.4. The first-order valence-corrected chi connectivity index (χ1v) is 13.2. The molecule has 0 N–H and O–H groups in total. The fraction of sp³-hybridized carbons (Fsp3) is 0.435. The van der Waals surface area contributed by atoms with Crippen LogP contribution in [0.1, 0.15) is 38.2 Å². The van der Waals surface area contributed by atoms with E-state index in [1.54, 1.807) is 25.1 Å². The molecule has 2 aromatic carbocycles. The number of hydrogen-bond donors (Lipinski definition) is 0. The van der Waals surface area contributed by atoms with Crippen LogP contribution in [0.5, 0.6) is 0 Å². The molecule has 1 saturated carbocycles. The van der Waals surface area contributed by atoms with Gasteiger partial charge in [0.15, 0.2) is 0 Å². The van der Waals surface area contributed by atoms with Gasteiger partial charge in [0.05, 0.1) is 22.3 Å². The quantitative estimate of drug-likeness (QED) is 0.243. The number of esters is 1. The SMILES string of the molecule is CCOC(=O)C1CCC(CN(Cc2c(Cl)cccc2Cl)S(=O)(=O)c2cccc([N+](=O)[O-])c2)CC1. The minimum Gasteiger partial charge on any atom is -0.466 e. The Bertz CT molecular complexity index is 1130. The van der Waals surface area contributed by atoms with Gasteiger partial charge in [-0.3, -0.25) is 14.9 Å². The zero-order valence-corrected chi connectivity index (χ0v) is 21.0. The average molecular weight is 529 g/mol. The molecule has 34 heavy (non-hydrogen) atoms. The number of carbonyl (C=O) groups excluding carboxylic acids is 1. The minimum atomic E-state index is -4.11. The molecule has 0 radical (unpaired) electrons. The molecule has 0 aromatic heterocycles. The summed E-state index contributed by atoms with van der Waals surface area (Å²) in [5.41, 5.74) is 0.145. The number of nitro groups is 1. The van der Waals surface area contributed by atoms with E-state index < -0.39 is 14.9 Å². The second-order valence-electron chi connectivity index (χ2n) is 8.22. The summed E-state index contributed by atoms with van der Waals surface area (Å²) in [6, 6.07) is 9.90. The highest BCUT2D eigenvalue weighted by atomic mass is 35.5. The molecule has 2 aromatic rings. The van der Waals surface area contributed by atoms with Gasteiger partial charge in [-0.2, -0.15) is 4.31 Å². The number of nitro benzene ring substituents is 1. The Labute approximate surface area is 209 Å². The third-order valence-electron chi connectivity index (χ3n) is 5.99. The van der Waals surface area contributed by atoms with Gasteiger partial charge in [-0.25, -0.2) is 8.42 Å². The Morgan fingerprint density at radius 1 is 1.12 bits per heavy atom. The number of non-ortho nitro benzene ring substituents is 1. The Morgan fingerprint density at radius 3 is 2.32 bits per heavy atom. The van der Waals surface area contributed by atoms with Crippen LogP contribution < -0.4 is 0 Å². The first-order valence-electron chi connectivity index (χ1n) is 11.0. The lowest BCUT2D eigenvalue weighted by atomic mass is 9.82. The van der Waals surface area contributed by atoms with Crippen molar-refractivity contribution in [3.05, 3.63) is 68.2 Å². The highest BCUT2D eigenvalue weighted by Crippen LogP contribution is 2.34. The standard InChI is InChI=1S/C23H26Cl2N2O6S/c1-2-33-23(28)17-11-9-16(10-12-17)14-26(15-20-21(24)7-4-8-22(20)25)34(31,32)19-6-3-5-18(13-19)27(29)30/h3-8,13,16-17H,2,9-12,14-15H2,1H3. The molecule has 1 aliphatic carbocycles. The summed E-state index contributed by atoms with van der Waals surface area (Å²) >= 11 is 12.6. The normalized spacial score (nSPS) is 18.6. The van der Waals surface area contributed by atoms with Crippen LogP contribution in [0.25, 0.3) is 0 Å². The van der Waals surface area contributed by atoms with Crippen molar-refractivity contribution in [2.75, 3.05) is 13.2 Å². The van der Waals surface area contributed by atoms with E-state index >= 15 is 0 Å². The van der Waals surface area contributed by atoms with Crippen molar-refractivity contribution in [2.24, 2.45) is 11.8 Å². The Morgan fingerprint density at radius 2 is 1.74 bits per heavy atom. The molecule has 0 saturated heterocycles. The third-order valence-corrected chi connectivity index (χ3v) is 8.51. The van der Waals surface area contributed by atoms with Crippen molar-refractivity contribution in [1.29, 1.82) is 0 Å². The molecule has 0 unspecified atom stereocenters. The average Bonchev–Trinajstić information content (AvgIpc) is 2.81. The molecule has 0 spiro atoms. The molecule has 8 nitrogen and oxygen atoms in total. The maximum absolute atomic E-state index is 13.6. The number of rotatable bonds is 9. The molecular weight excluding hydrogens is 503 g/mol. The van der Waals surface area contributed by atoms with E-state index in [2.05, 4.69) is 0 Å². The smallest absolute Gasteiger partial charge is 0.308 e. The molecule has 0 bridgehead atoms. The van der Waals surface area contributed by atoms with Gasteiger partial charge in [-0.05, 0) is 56.7 Å². The third kappa shape index (κ3) is 6.27. The summed E-state index contributed by atoms with van der Waals surface area (Å²) in [7, 11) is -4.11. The highest BCUT2D eigenvalue weighted by molar-refractivity contribution is 7.89. The lowest BCUT2D eigenvalue weighted by Gasteiger charge is -2.32. The minimum absolute atomic E-state index is 0.000382. The van der Waals surface area contributed by atoms with Gasteiger partial charge in [-0.15, -0.1) is 0 Å². The van der Waals surface area contributed by atoms with Crippen molar-refractivity contribution in [3.8, 4) is 0 Å². The van der Waals surface area contributed by atoms with Crippen molar-refractivity contribution >= 4 is 44.9 Å². The highest BCUT2D eigenvalue weighted by Gasteiger charge is 2.33. The van der Waals surface area contributed by atoms with Gasteiger partial charge in [0, 0.05) is 40.8 Å². The number of sulfonamides is 1. The topological polar surface area (TPSA) is 107 Å². The van der Waals surface area contributed by atoms with E-state index in [9.17, 15) is 23.3 Å². The summed E-state index contributed by atoms with van der Waals surface area (Å²) in [6.07, 6.45) is 2.53. The predicted octanol–water partition coefficient (Wildman–Crippen LogP) is 5.46. The first-order chi connectivity index (χ1) is 16.1. The molecule has 3 rings (SSSR count). The van der Waals surface area contributed by atoms with Crippen LogP contribution in [0.2, 0.25) is 10.0 Å². The maximum atomic E-state index is 13.6. The molecule has 11 heteroatoms. The number of nitrogens with zero attached hydrogens (tertiary/aromatic N) is 2. The number of hydrogen-bond acceptors (Lipinski definition) is 6. The summed E-state index contributed by atoms with van der Waals surface area (Å²) in [6.45, 7) is 2.18. The van der Waals surface area contributed by atoms with E-state index in [0.717, 1.165) is 6.07 Å². The molecule has 0 heterocycles. The summed E-state index contributed by atoms with van der Waals surface area (Å²) in [5.74, 6) is -0.402. The van der Waals surface area contributed by atoms with Crippen LogP contribution >= 0.6 is 23.2 Å². The monoisotopic (exact) mass is 528 g/mol.